The van der Waals surface area contributed by atoms with Crippen molar-refractivity contribution < 1.29 is 4.79 Å². The molecule has 0 fully saturated rings. The Hall–Kier alpha value is -0.990. The van der Waals surface area contributed by atoms with Gasteiger partial charge in [-0.3, -0.25) is 4.79 Å². The fraction of sp³-hybridized carbons (Fsp3) is 0.471. The van der Waals surface area contributed by atoms with Crippen LogP contribution in [0.15, 0.2) is 24.3 Å². The molecule has 1 aromatic rings. The number of benzene rings is 1. The first-order valence-electron chi connectivity index (χ1n) is 7.50. The maximum atomic E-state index is 12.3. The average molecular weight is 328 g/mol. The predicted molar refractivity (Wildman–Crippen MR) is 91.9 cm³/mol. The van der Waals surface area contributed by atoms with E-state index in [9.17, 15) is 4.79 Å². The lowest BCUT2D eigenvalue weighted by atomic mass is 10.2. The molecule has 0 aromatic heterocycles. The van der Waals surface area contributed by atoms with E-state index in [4.69, 9.17) is 23.2 Å². The van der Waals surface area contributed by atoms with Gasteiger partial charge in [0.15, 0.2) is 0 Å². The third-order valence-corrected chi connectivity index (χ3v) is 3.98. The fourth-order valence-electron chi connectivity index (χ4n) is 1.92. The molecule has 0 saturated carbocycles. The summed E-state index contributed by atoms with van der Waals surface area (Å²) in [7, 11) is 0. The van der Waals surface area contributed by atoms with Crippen LogP contribution < -0.4 is 0 Å². The Morgan fingerprint density at radius 3 is 2.24 bits per heavy atom. The van der Waals surface area contributed by atoms with E-state index in [2.05, 4.69) is 13.8 Å². The summed E-state index contributed by atoms with van der Waals surface area (Å²) in [6.45, 7) is 5.91. The Morgan fingerprint density at radius 1 is 1.10 bits per heavy atom. The number of amides is 1. The number of hydrogen-bond donors (Lipinski definition) is 0. The lowest BCUT2D eigenvalue weighted by Crippen LogP contribution is -2.31. The quantitative estimate of drug-likeness (QED) is 0.582. The molecule has 0 bridgehead atoms. The van der Waals surface area contributed by atoms with Crippen molar-refractivity contribution in [3.63, 3.8) is 0 Å². The zero-order chi connectivity index (χ0) is 15.7. The summed E-state index contributed by atoms with van der Waals surface area (Å²) >= 11 is 11.8. The van der Waals surface area contributed by atoms with Gasteiger partial charge in [0.1, 0.15) is 0 Å². The number of nitrogens with zero attached hydrogens (tertiary/aromatic N) is 1. The molecule has 0 spiro atoms. The summed E-state index contributed by atoms with van der Waals surface area (Å²) in [6.07, 6.45) is 7.66. The van der Waals surface area contributed by atoms with Gasteiger partial charge in [0.25, 0.3) is 0 Å². The van der Waals surface area contributed by atoms with Gasteiger partial charge in [-0.05, 0) is 36.6 Å². The molecule has 4 heteroatoms. The van der Waals surface area contributed by atoms with Gasteiger partial charge in [-0.1, -0.05) is 56.0 Å². The Morgan fingerprint density at radius 2 is 1.71 bits per heavy atom. The molecule has 0 radical (unpaired) electrons. The number of unbranched alkanes of at least 4 members (excludes halogenated alkanes) is 2. The molecule has 0 aliphatic rings. The van der Waals surface area contributed by atoms with Crippen LogP contribution in [0.5, 0.6) is 0 Å². The van der Waals surface area contributed by atoms with E-state index in [-0.39, 0.29) is 5.91 Å². The first-order valence-corrected chi connectivity index (χ1v) is 8.26. The van der Waals surface area contributed by atoms with Gasteiger partial charge in [0, 0.05) is 19.2 Å². The third kappa shape index (κ3) is 6.54. The Kier molecular flexibility index (Phi) is 8.48. The summed E-state index contributed by atoms with van der Waals surface area (Å²) in [5, 5.41) is 1.02. The highest BCUT2D eigenvalue weighted by Gasteiger charge is 2.09. The zero-order valence-corrected chi connectivity index (χ0v) is 14.3. The van der Waals surface area contributed by atoms with Crippen molar-refractivity contribution in [3.8, 4) is 0 Å². The normalized spacial score (nSPS) is 11.0. The molecule has 1 rings (SSSR count). The summed E-state index contributed by atoms with van der Waals surface area (Å²) in [5.41, 5.74) is 0.878. The Balaban J connectivity index is 2.69. The molecular formula is C17H23Cl2NO. The predicted octanol–water partition coefficient (Wildman–Crippen LogP) is 5.44. The van der Waals surface area contributed by atoms with Gasteiger partial charge in [0.2, 0.25) is 5.91 Å². The SMILES string of the molecule is CCCCN(CCCC)C(=O)C=Cc1ccc(Cl)c(Cl)c1. The minimum atomic E-state index is 0.0583. The van der Waals surface area contributed by atoms with E-state index in [1.165, 1.54) is 0 Å². The van der Waals surface area contributed by atoms with E-state index < -0.39 is 0 Å². The Labute approximate surface area is 137 Å². The van der Waals surface area contributed by atoms with E-state index in [1.807, 2.05) is 11.0 Å². The molecule has 116 valence electrons. The van der Waals surface area contributed by atoms with Gasteiger partial charge in [-0.25, -0.2) is 0 Å². The van der Waals surface area contributed by atoms with E-state index in [0.29, 0.717) is 10.0 Å². The van der Waals surface area contributed by atoms with Crippen LogP contribution >= 0.6 is 23.2 Å². The highest BCUT2D eigenvalue weighted by molar-refractivity contribution is 6.42. The topological polar surface area (TPSA) is 20.3 Å². The van der Waals surface area contributed by atoms with Crippen molar-refractivity contribution in [1.29, 1.82) is 0 Å². The van der Waals surface area contributed by atoms with Crippen molar-refractivity contribution in [2.75, 3.05) is 13.1 Å². The monoisotopic (exact) mass is 327 g/mol. The number of rotatable bonds is 8. The minimum absolute atomic E-state index is 0.0583. The van der Waals surface area contributed by atoms with Crippen molar-refractivity contribution in [3.05, 3.63) is 39.9 Å². The van der Waals surface area contributed by atoms with Crippen LogP contribution in [0.4, 0.5) is 0 Å². The minimum Gasteiger partial charge on any atom is -0.339 e. The second-order valence-electron chi connectivity index (χ2n) is 5.04. The van der Waals surface area contributed by atoms with Crippen molar-refractivity contribution >= 4 is 35.2 Å². The molecule has 21 heavy (non-hydrogen) atoms. The molecule has 0 aliphatic heterocycles. The Bertz CT molecular complexity index is 478. The molecule has 0 N–H and O–H groups in total. The largest absolute Gasteiger partial charge is 0.339 e. The lowest BCUT2D eigenvalue weighted by molar-refractivity contribution is -0.126. The van der Waals surface area contributed by atoms with E-state index in [0.717, 1.165) is 44.3 Å². The van der Waals surface area contributed by atoms with Crippen LogP contribution in [0.2, 0.25) is 10.0 Å². The van der Waals surface area contributed by atoms with Crippen molar-refractivity contribution in [2.24, 2.45) is 0 Å². The van der Waals surface area contributed by atoms with Crippen LogP contribution in [0, 0.1) is 0 Å². The third-order valence-electron chi connectivity index (χ3n) is 3.24. The molecular weight excluding hydrogens is 305 g/mol. The number of carbonyl (C=O) groups excluding carboxylic acids is 1. The molecule has 0 aliphatic carbocycles. The second kappa shape index (κ2) is 9.86. The zero-order valence-electron chi connectivity index (χ0n) is 12.7. The molecule has 0 heterocycles. The first-order chi connectivity index (χ1) is 10.1. The summed E-state index contributed by atoms with van der Waals surface area (Å²) < 4.78 is 0. The van der Waals surface area contributed by atoms with Gasteiger partial charge in [-0.15, -0.1) is 0 Å². The maximum absolute atomic E-state index is 12.3. The number of hydrogen-bond acceptors (Lipinski definition) is 1. The number of carbonyl (C=O) groups is 1. The standard InChI is InChI=1S/C17H23Cl2NO/c1-3-5-11-20(12-6-4-2)17(21)10-8-14-7-9-15(18)16(19)13-14/h7-10,13H,3-6,11-12H2,1-2H3. The summed E-state index contributed by atoms with van der Waals surface area (Å²) in [6, 6.07) is 5.34. The van der Waals surface area contributed by atoms with Crippen LogP contribution in [-0.4, -0.2) is 23.9 Å². The van der Waals surface area contributed by atoms with Crippen LogP contribution in [-0.2, 0) is 4.79 Å². The highest BCUT2D eigenvalue weighted by Crippen LogP contribution is 2.23. The van der Waals surface area contributed by atoms with Crippen LogP contribution in [0.1, 0.15) is 45.1 Å². The van der Waals surface area contributed by atoms with Gasteiger partial charge in [-0.2, -0.15) is 0 Å². The number of halogens is 2. The van der Waals surface area contributed by atoms with Gasteiger partial charge >= 0.3 is 0 Å². The second-order valence-corrected chi connectivity index (χ2v) is 5.85. The molecule has 1 aromatic carbocycles. The fourth-order valence-corrected chi connectivity index (χ4v) is 2.23. The smallest absolute Gasteiger partial charge is 0.246 e. The average Bonchev–Trinajstić information content (AvgIpc) is 2.48. The summed E-state index contributed by atoms with van der Waals surface area (Å²) in [4.78, 5) is 14.2. The maximum Gasteiger partial charge on any atom is 0.246 e. The van der Waals surface area contributed by atoms with Crippen LogP contribution in [0.25, 0.3) is 6.08 Å². The van der Waals surface area contributed by atoms with E-state index >= 15 is 0 Å². The first kappa shape index (κ1) is 18.1. The molecule has 0 unspecified atom stereocenters. The van der Waals surface area contributed by atoms with Gasteiger partial charge < -0.3 is 4.90 Å². The lowest BCUT2D eigenvalue weighted by Gasteiger charge is -2.20. The van der Waals surface area contributed by atoms with Crippen molar-refractivity contribution in [2.45, 2.75) is 39.5 Å². The molecule has 2 nitrogen and oxygen atoms in total. The van der Waals surface area contributed by atoms with Gasteiger partial charge in [0.05, 0.1) is 10.0 Å². The molecule has 0 atom stereocenters. The van der Waals surface area contributed by atoms with Crippen molar-refractivity contribution in [1.82, 2.24) is 4.90 Å². The van der Waals surface area contributed by atoms with Crippen LogP contribution in [0.3, 0.4) is 0 Å². The molecule has 0 saturated heterocycles. The highest BCUT2D eigenvalue weighted by atomic mass is 35.5. The molecule has 1 amide bonds. The van der Waals surface area contributed by atoms with E-state index in [1.54, 1.807) is 24.3 Å². The summed E-state index contributed by atoms with van der Waals surface area (Å²) in [5.74, 6) is 0.0583.